The standard InChI is InChI=1S/C26H26FN3OS/c1-17(30-32(31)26(2,3)4)25-23(18-10-6-5-7-11-18)24(22-12-8-9-15-28-22)20-16-19(27)13-14-21(20)29-25/h5-17,30H,1-4H3/t17-,32?/m0/s1. The molecule has 0 bridgehead atoms. The molecule has 0 radical (unpaired) electrons. The summed E-state index contributed by atoms with van der Waals surface area (Å²) in [6.45, 7) is 7.74. The first-order valence-corrected chi connectivity index (χ1v) is 11.7. The minimum atomic E-state index is -1.29. The van der Waals surface area contributed by atoms with Crippen LogP contribution in [0.5, 0.6) is 0 Å². The Bertz CT molecular complexity index is 1270. The third-order valence-corrected chi connectivity index (χ3v) is 6.89. The second-order valence-corrected chi connectivity index (χ2v) is 10.7. The number of rotatable bonds is 5. The van der Waals surface area contributed by atoms with Gasteiger partial charge in [-0.3, -0.25) is 9.97 Å². The average molecular weight is 448 g/mol. The Hall–Kier alpha value is -2.96. The topological polar surface area (TPSA) is 54.9 Å². The number of pyridine rings is 2. The van der Waals surface area contributed by atoms with Crippen molar-refractivity contribution in [1.82, 2.24) is 14.7 Å². The van der Waals surface area contributed by atoms with Gasteiger partial charge in [-0.15, -0.1) is 0 Å². The van der Waals surface area contributed by atoms with Gasteiger partial charge in [-0.05, 0) is 63.6 Å². The third kappa shape index (κ3) is 4.47. The highest BCUT2D eigenvalue weighted by Gasteiger charge is 2.26. The van der Waals surface area contributed by atoms with E-state index in [2.05, 4.69) is 9.71 Å². The van der Waals surface area contributed by atoms with Gasteiger partial charge in [0.15, 0.2) is 0 Å². The van der Waals surface area contributed by atoms with Gasteiger partial charge < -0.3 is 0 Å². The van der Waals surface area contributed by atoms with Crippen LogP contribution in [0.25, 0.3) is 33.3 Å². The van der Waals surface area contributed by atoms with Crippen LogP contribution in [0.2, 0.25) is 0 Å². The second kappa shape index (κ2) is 8.88. The zero-order chi connectivity index (χ0) is 22.9. The molecule has 4 nitrogen and oxygen atoms in total. The van der Waals surface area contributed by atoms with Crippen molar-refractivity contribution in [2.75, 3.05) is 0 Å². The molecule has 2 aromatic carbocycles. The van der Waals surface area contributed by atoms with Crippen LogP contribution >= 0.6 is 0 Å². The van der Waals surface area contributed by atoms with Crippen molar-refractivity contribution in [3.05, 3.63) is 84.4 Å². The molecule has 2 atom stereocenters. The molecule has 1 N–H and O–H groups in total. The number of hydrogen-bond donors (Lipinski definition) is 1. The van der Waals surface area contributed by atoms with Crippen molar-refractivity contribution in [1.29, 1.82) is 0 Å². The average Bonchev–Trinajstić information content (AvgIpc) is 2.78. The minimum Gasteiger partial charge on any atom is -0.256 e. The molecule has 2 aromatic heterocycles. The summed E-state index contributed by atoms with van der Waals surface area (Å²) in [6.07, 6.45) is 1.73. The van der Waals surface area contributed by atoms with Crippen molar-refractivity contribution < 1.29 is 8.60 Å². The van der Waals surface area contributed by atoms with Crippen LogP contribution in [0.4, 0.5) is 4.39 Å². The first-order valence-electron chi connectivity index (χ1n) is 10.5. The molecule has 0 aliphatic rings. The number of hydrogen-bond acceptors (Lipinski definition) is 3. The molecule has 2 heterocycles. The van der Waals surface area contributed by atoms with E-state index in [1.54, 1.807) is 12.3 Å². The molecule has 4 rings (SSSR count). The van der Waals surface area contributed by atoms with Crippen LogP contribution in [-0.2, 0) is 11.0 Å². The first-order chi connectivity index (χ1) is 15.3. The van der Waals surface area contributed by atoms with E-state index in [9.17, 15) is 8.60 Å². The van der Waals surface area contributed by atoms with Gasteiger partial charge in [0.05, 0.1) is 38.7 Å². The second-order valence-electron chi connectivity index (χ2n) is 8.71. The summed E-state index contributed by atoms with van der Waals surface area (Å²) in [4.78, 5) is 9.51. The SMILES string of the molecule is C[C@H](NS(=O)C(C)(C)C)c1nc2ccc(F)cc2c(-c2ccccn2)c1-c1ccccc1. The van der Waals surface area contributed by atoms with Crippen molar-refractivity contribution in [3.8, 4) is 22.4 Å². The van der Waals surface area contributed by atoms with E-state index < -0.39 is 15.7 Å². The van der Waals surface area contributed by atoms with Gasteiger partial charge in [0, 0.05) is 22.7 Å². The van der Waals surface area contributed by atoms with Crippen LogP contribution < -0.4 is 4.72 Å². The molecule has 0 aliphatic carbocycles. The highest BCUT2D eigenvalue weighted by Crippen LogP contribution is 2.41. The number of nitrogens with one attached hydrogen (secondary N) is 1. The molecule has 0 fully saturated rings. The van der Waals surface area contributed by atoms with Crippen LogP contribution in [0.1, 0.15) is 39.4 Å². The van der Waals surface area contributed by atoms with Gasteiger partial charge in [-0.1, -0.05) is 36.4 Å². The maximum absolute atomic E-state index is 14.3. The normalized spacial score (nSPS) is 13.8. The number of nitrogens with zero attached hydrogens (tertiary/aromatic N) is 2. The quantitative estimate of drug-likeness (QED) is 0.395. The lowest BCUT2D eigenvalue weighted by Crippen LogP contribution is -2.35. The van der Waals surface area contributed by atoms with Crippen LogP contribution in [-0.4, -0.2) is 18.9 Å². The van der Waals surface area contributed by atoms with E-state index >= 15 is 0 Å². The fourth-order valence-electron chi connectivity index (χ4n) is 3.63. The van der Waals surface area contributed by atoms with Gasteiger partial charge in [0.2, 0.25) is 0 Å². The van der Waals surface area contributed by atoms with E-state index in [-0.39, 0.29) is 11.9 Å². The van der Waals surface area contributed by atoms with Crippen molar-refractivity contribution in [2.24, 2.45) is 0 Å². The molecule has 0 spiro atoms. The molecule has 6 heteroatoms. The number of benzene rings is 2. The summed E-state index contributed by atoms with van der Waals surface area (Å²) < 4.78 is 30.0. The van der Waals surface area contributed by atoms with Crippen molar-refractivity contribution in [3.63, 3.8) is 0 Å². The Kier molecular flexibility index (Phi) is 6.17. The predicted octanol–water partition coefficient (Wildman–Crippen LogP) is 6.22. The van der Waals surface area contributed by atoms with Crippen molar-refractivity contribution >= 4 is 21.9 Å². The van der Waals surface area contributed by atoms with E-state index in [1.807, 2.05) is 76.2 Å². The van der Waals surface area contributed by atoms with Gasteiger partial charge in [-0.25, -0.2) is 13.3 Å². The molecular weight excluding hydrogens is 421 g/mol. The van der Waals surface area contributed by atoms with Gasteiger partial charge in [0.1, 0.15) is 5.82 Å². The zero-order valence-electron chi connectivity index (χ0n) is 18.6. The summed E-state index contributed by atoms with van der Waals surface area (Å²) in [6, 6.07) is 19.9. The predicted molar refractivity (Wildman–Crippen MR) is 130 cm³/mol. The molecule has 4 aromatic rings. The highest BCUT2D eigenvalue weighted by molar-refractivity contribution is 7.84. The first kappa shape index (κ1) is 22.2. The van der Waals surface area contributed by atoms with E-state index in [0.29, 0.717) is 10.9 Å². The summed E-state index contributed by atoms with van der Waals surface area (Å²) in [5.74, 6) is -0.330. The number of halogens is 1. The Morgan fingerprint density at radius 1 is 0.969 bits per heavy atom. The largest absolute Gasteiger partial charge is 0.256 e. The fraction of sp³-hybridized carbons (Fsp3) is 0.231. The van der Waals surface area contributed by atoms with E-state index in [1.165, 1.54) is 12.1 Å². The van der Waals surface area contributed by atoms with Gasteiger partial charge in [0.25, 0.3) is 0 Å². The zero-order valence-corrected chi connectivity index (χ0v) is 19.4. The Morgan fingerprint density at radius 2 is 1.69 bits per heavy atom. The van der Waals surface area contributed by atoms with E-state index in [0.717, 1.165) is 28.1 Å². The smallest absolute Gasteiger partial charge is 0.123 e. The van der Waals surface area contributed by atoms with Crippen LogP contribution in [0.15, 0.2) is 72.9 Å². The van der Waals surface area contributed by atoms with E-state index in [4.69, 9.17) is 4.98 Å². The lowest BCUT2D eigenvalue weighted by molar-refractivity contribution is 0.612. The molecule has 32 heavy (non-hydrogen) atoms. The number of aromatic nitrogens is 2. The molecule has 1 unspecified atom stereocenters. The molecule has 0 saturated heterocycles. The minimum absolute atomic E-state index is 0.317. The highest BCUT2D eigenvalue weighted by atomic mass is 32.2. The summed E-state index contributed by atoms with van der Waals surface area (Å²) in [5.41, 5.74) is 4.75. The van der Waals surface area contributed by atoms with Gasteiger partial charge >= 0.3 is 0 Å². The summed E-state index contributed by atoms with van der Waals surface area (Å²) >= 11 is 0. The monoisotopic (exact) mass is 447 g/mol. The van der Waals surface area contributed by atoms with Gasteiger partial charge in [-0.2, -0.15) is 0 Å². The number of fused-ring (bicyclic) bond motifs is 1. The Balaban J connectivity index is 2.06. The molecule has 164 valence electrons. The summed E-state index contributed by atoms with van der Waals surface area (Å²) in [7, 11) is -1.29. The molecule has 0 amide bonds. The lowest BCUT2D eigenvalue weighted by atomic mass is 9.90. The van der Waals surface area contributed by atoms with Crippen molar-refractivity contribution in [2.45, 2.75) is 38.5 Å². The van der Waals surface area contributed by atoms with Crippen LogP contribution in [0.3, 0.4) is 0 Å². The maximum atomic E-state index is 14.3. The third-order valence-electron chi connectivity index (χ3n) is 5.21. The maximum Gasteiger partial charge on any atom is 0.123 e. The molecular formula is C26H26FN3OS. The Labute approximate surface area is 190 Å². The van der Waals surface area contributed by atoms with Crippen LogP contribution in [0, 0.1) is 5.82 Å². The molecule has 0 saturated carbocycles. The fourth-order valence-corrected chi connectivity index (χ4v) is 4.42. The lowest BCUT2D eigenvalue weighted by Gasteiger charge is -2.25. The molecule has 0 aliphatic heterocycles. The Morgan fingerprint density at radius 3 is 2.34 bits per heavy atom. The summed E-state index contributed by atoms with van der Waals surface area (Å²) in [5, 5.41) is 0.690.